The molecule has 1 aromatic carbocycles. The fourth-order valence-electron chi connectivity index (χ4n) is 1.84. The lowest BCUT2D eigenvalue weighted by Crippen LogP contribution is -2.17. The average Bonchev–Trinajstić information content (AvgIpc) is 2.85. The monoisotopic (exact) mass is 261 g/mol. The van der Waals surface area contributed by atoms with Crippen molar-refractivity contribution in [2.75, 3.05) is 0 Å². The van der Waals surface area contributed by atoms with Crippen LogP contribution in [0.1, 0.15) is 35.2 Å². The summed E-state index contributed by atoms with van der Waals surface area (Å²) in [6.45, 7) is 5.22. The van der Waals surface area contributed by atoms with Gasteiger partial charge in [-0.1, -0.05) is 19.1 Å². The van der Waals surface area contributed by atoms with Crippen LogP contribution in [0.15, 0.2) is 36.4 Å². The van der Waals surface area contributed by atoms with Crippen LogP contribution in [0, 0.1) is 0 Å². The Labute approximate surface area is 112 Å². The second-order valence-corrected chi connectivity index (χ2v) is 5.67. The van der Waals surface area contributed by atoms with E-state index in [0.717, 1.165) is 13.0 Å². The van der Waals surface area contributed by atoms with E-state index in [9.17, 15) is 5.11 Å². The second kappa shape index (κ2) is 6.03. The van der Waals surface area contributed by atoms with Gasteiger partial charge >= 0.3 is 0 Å². The van der Waals surface area contributed by atoms with Crippen LogP contribution in [0.2, 0.25) is 0 Å². The fourth-order valence-corrected chi connectivity index (χ4v) is 2.75. The number of phenols is 1. The Bertz CT molecular complexity index is 489. The van der Waals surface area contributed by atoms with Crippen LogP contribution in [0.4, 0.5) is 0 Å². The maximum Gasteiger partial charge on any atom is 0.115 e. The summed E-state index contributed by atoms with van der Waals surface area (Å²) in [4.78, 5) is 2.81. The zero-order chi connectivity index (χ0) is 13.0. The molecule has 0 bridgehead atoms. The van der Waals surface area contributed by atoms with Crippen molar-refractivity contribution in [1.29, 1.82) is 0 Å². The first kappa shape index (κ1) is 13.1. The molecule has 1 aromatic heterocycles. The molecule has 0 aliphatic heterocycles. The van der Waals surface area contributed by atoms with Crippen molar-refractivity contribution in [1.82, 2.24) is 5.32 Å². The molecule has 0 aliphatic carbocycles. The Kier molecular flexibility index (Phi) is 4.39. The Morgan fingerprint density at radius 1 is 1.11 bits per heavy atom. The quantitative estimate of drug-likeness (QED) is 0.856. The predicted molar refractivity (Wildman–Crippen MR) is 77.1 cm³/mol. The minimum Gasteiger partial charge on any atom is -0.508 e. The van der Waals surface area contributed by atoms with E-state index in [4.69, 9.17) is 0 Å². The molecule has 3 heteroatoms. The number of phenolic OH excluding ortho intramolecular Hbond substituents is 1. The number of hydrogen-bond donors (Lipinski definition) is 2. The lowest BCUT2D eigenvalue weighted by atomic mass is 10.1. The Morgan fingerprint density at radius 3 is 2.39 bits per heavy atom. The molecule has 2 rings (SSSR count). The van der Waals surface area contributed by atoms with E-state index >= 15 is 0 Å². The molecule has 0 fully saturated rings. The molecule has 96 valence electrons. The van der Waals surface area contributed by atoms with Crippen LogP contribution in [-0.2, 0) is 13.0 Å². The van der Waals surface area contributed by atoms with Crippen LogP contribution in [0.3, 0.4) is 0 Å². The molecule has 2 aromatic rings. The molecule has 18 heavy (non-hydrogen) atoms. The van der Waals surface area contributed by atoms with Crippen LogP contribution in [0.25, 0.3) is 0 Å². The van der Waals surface area contributed by atoms with E-state index in [1.165, 1.54) is 15.3 Å². The van der Waals surface area contributed by atoms with E-state index in [1.54, 1.807) is 12.1 Å². The lowest BCUT2D eigenvalue weighted by molar-refractivity contribution is 0.474. The maximum absolute atomic E-state index is 9.26. The highest BCUT2D eigenvalue weighted by molar-refractivity contribution is 7.11. The summed E-state index contributed by atoms with van der Waals surface area (Å²) in [5.41, 5.74) is 1.19. The van der Waals surface area contributed by atoms with E-state index in [1.807, 2.05) is 23.5 Å². The highest BCUT2D eigenvalue weighted by Gasteiger charge is 2.05. The first-order valence-electron chi connectivity index (χ1n) is 6.29. The number of hydrogen-bond acceptors (Lipinski definition) is 3. The Balaban J connectivity index is 1.91. The fraction of sp³-hybridized carbons (Fsp3) is 0.333. The lowest BCUT2D eigenvalue weighted by Gasteiger charge is -2.13. The SMILES string of the molecule is CCc1ccc(CNC(C)c2ccc(O)cc2)s1. The molecule has 0 saturated carbocycles. The highest BCUT2D eigenvalue weighted by Crippen LogP contribution is 2.20. The first-order chi connectivity index (χ1) is 8.69. The summed E-state index contributed by atoms with van der Waals surface area (Å²) in [7, 11) is 0. The molecular formula is C15H19NOS. The molecule has 1 unspecified atom stereocenters. The third kappa shape index (κ3) is 3.34. The minimum atomic E-state index is 0.290. The van der Waals surface area contributed by atoms with E-state index < -0.39 is 0 Å². The molecule has 0 radical (unpaired) electrons. The van der Waals surface area contributed by atoms with Crippen LogP contribution < -0.4 is 5.32 Å². The van der Waals surface area contributed by atoms with Gasteiger partial charge in [0.2, 0.25) is 0 Å². The van der Waals surface area contributed by atoms with Gasteiger partial charge in [0, 0.05) is 22.3 Å². The standard InChI is InChI=1S/C15H19NOS/c1-3-14-8-9-15(18-14)10-16-11(2)12-4-6-13(17)7-5-12/h4-9,11,16-17H,3,10H2,1-2H3. The number of nitrogens with one attached hydrogen (secondary N) is 1. The molecule has 2 nitrogen and oxygen atoms in total. The number of aryl methyl sites for hydroxylation is 1. The molecule has 0 aliphatic rings. The van der Waals surface area contributed by atoms with Gasteiger partial charge in [-0.15, -0.1) is 11.3 Å². The molecular weight excluding hydrogens is 242 g/mol. The molecule has 0 amide bonds. The first-order valence-corrected chi connectivity index (χ1v) is 7.10. The van der Waals surface area contributed by atoms with Crippen LogP contribution >= 0.6 is 11.3 Å². The molecule has 0 spiro atoms. The van der Waals surface area contributed by atoms with Crippen LogP contribution in [-0.4, -0.2) is 5.11 Å². The Hall–Kier alpha value is -1.32. The number of benzene rings is 1. The summed E-state index contributed by atoms with van der Waals surface area (Å²) >= 11 is 1.87. The van der Waals surface area contributed by atoms with Crippen molar-refractivity contribution in [3.05, 3.63) is 51.7 Å². The van der Waals surface area contributed by atoms with Crippen molar-refractivity contribution in [3.63, 3.8) is 0 Å². The topological polar surface area (TPSA) is 32.3 Å². The van der Waals surface area contributed by atoms with Crippen molar-refractivity contribution in [2.45, 2.75) is 32.9 Å². The summed E-state index contributed by atoms with van der Waals surface area (Å²) in [5, 5.41) is 12.8. The Morgan fingerprint density at radius 2 is 1.78 bits per heavy atom. The van der Waals surface area contributed by atoms with Crippen molar-refractivity contribution < 1.29 is 5.11 Å². The summed E-state index contributed by atoms with van der Waals surface area (Å²) in [6, 6.07) is 12.1. The van der Waals surface area contributed by atoms with Gasteiger partial charge in [0.05, 0.1) is 0 Å². The smallest absolute Gasteiger partial charge is 0.115 e. The van der Waals surface area contributed by atoms with Gasteiger partial charge in [0.1, 0.15) is 5.75 Å². The summed E-state index contributed by atoms with van der Waals surface area (Å²) in [5.74, 6) is 0.316. The zero-order valence-corrected chi connectivity index (χ0v) is 11.6. The zero-order valence-electron chi connectivity index (χ0n) is 10.8. The van der Waals surface area contributed by atoms with Gasteiger partial charge in [0.25, 0.3) is 0 Å². The van der Waals surface area contributed by atoms with Gasteiger partial charge < -0.3 is 10.4 Å². The van der Waals surface area contributed by atoms with Crippen molar-refractivity contribution in [3.8, 4) is 5.75 Å². The van der Waals surface area contributed by atoms with E-state index in [2.05, 4.69) is 31.3 Å². The summed E-state index contributed by atoms with van der Waals surface area (Å²) < 4.78 is 0. The van der Waals surface area contributed by atoms with Crippen molar-refractivity contribution >= 4 is 11.3 Å². The van der Waals surface area contributed by atoms with Gasteiger partial charge in [0.15, 0.2) is 0 Å². The maximum atomic E-state index is 9.26. The minimum absolute atomic E-state index is 0.290. The number of thiophene rings is 1. The third-order valence-corrected chi connectivity index (χ3v) is 4.27. The number of aromatic hydroxyl groups is 1. The summed E-state index contributed by atoms with van der Waals surface area (Å²) in [6.07, 6.45) is 1.11. The third-order valence-electron chi connectivity index (χ3n) is 3.04. The largest absolute Gasteiger partial charge is 0.508 e. The average molecular weight is 261 g/mol. The van der Waals surface area contributed by atoms with Gasteiger partial charge in [-0.3, -0.25) is 0 Å². The van der Waals surface area contributed by atoms with Crippen LogP contribution in [0.5, 0.6) is 5.75 Å². The van der Waals surface area contributed by atoms with Gasteiger partial charge in [-0.2, -0.15) is 0 Å². The molecule has 0 saturated heterocycles. The second-order valence-electron chi connectivity index (χ2n) is 4.42. The normalized spacial score (nSPS) is 12.6. The molecule has 2 N–H and O–H groups in total. The van der Waals surface area contributed by atoms with Gasteiger partial charge in [-0.25, -0.2) is 0 Å². The van der Waals surface area contributed by atoms with Gasteiger partial charge in [-0.05, 0) is 43.2 Å². The predicted octanol–water partition coefficient (Wildman–Crippen LogP) is 3.87. The van der Waals surface area contributed by atoms with Crippen molar-refractivity contribution in [2.24, 2.45) is 0 Å². The van der Waals surface area contributed by atoms with E-state index in [-0.39, 0.29) is 6.04 Å². The molecule has 1 heterocycles. The molecule has 1 atom stereocenters. The van der Waals surface area contributed by atoms with E-state index in [0.29, 0.717) is 5.75 Å². The highest BCUT2D eigenvalue weighted by atomic mass is 32.1. The number of rotatable bonds is 5.